The van der Waals surface area contributed by atoms with E-state index in [1.165, 1.54) is 24.3 Å². The highest BCUT2D eigenvalue weighted by molar-refractivity contribution is 6.33. The van der Waals surface area contributed by atoms with Crippen LogP contribution in [0.1, 0.15) is 5.56 Å². The molecule has 1 aliphatic heterocycles. The lowest BCUT2D eigenvalue weighted by atomic mass is 10.1. The highest BCUT2D eigenvalue weighted by Gasteiger charge is 2.34. The molecule has 0 atom stereocenters. The number of hydrogen-bond donors (Lipinski definition) is 2. The van der Waals surface area contributed by atoms with Crippen molar-refractivity contribution in [3.63, 3.8) is 0 Å². The van der Waals surface area contributed by atoms with Crippen molar-refractivity contribution in [3.8, 4) is 5.75 Å². The minimum absolute atomic E-state index is 0.0520. The van der Waals surface area contributed by atoms with Crippen LogP contribution in [0.15, 0.2) is 48.0 Å². The third-order valence-corrected chi connectivity index (χ3v) is 3.58. The number of amides is 2. The van der Waals surface area contributed by atoms with Gasteiger partial charge >= 0.3 is 0 Å². The second-order valence-corrected chi connectivity index (χ2v) is 5.20. The van der Waals surface area contributed by atoms with E-state index in [2.05, 4.69) is 5.43 Å². The van der Waals surface area contributed by atoms with E-state index in [-0.39, 0.29) is 22.0 Å². The monoisotopic (exact) mass is 332 g/mol. The van der Waals surface area contributed by atoms with Crippen molar-refractivity contribution in [3.05, 3.63) is 64.4 Å². The van der Waals surface area contributed by atoms with Crippen LogP contribution in [-0.2, 0) is 9.59 Å². The quantitative estimate of drug-likeness (QED) is 0.656. The summed E-state index contributed by atoms with van der Waals surface area (Å²) in [5, 5.41) is 10.5. The highest BCUT2D eigenvalue weighted by Crippen LogP contribution is 2.27. The summed E-state index contributed by atoms with van der Waals surface area (Å²) in [6.07, 6.45) is 1.29. The Morgan fingerprint density at radius 1 is 1.17 bits per heavy atom. The van der Waals surface area contributed by atoms with Gasteiger partial charge in [0.15, 0.2) is 0 Å². The molecule has 0 radical (unpaired) electrons. The Hall–Kier alpha value is -2.86. The molecule has 2 amide bonds. The van der Waals surface area contributed by atoms with Crippen molar-refractivity contribution in [2.45, 2.75) is 0 Å². The predicted octanol–water partition coefficient (Wildman–Crippen LogP) is 2.65. The van der Waals surface area contributed by atoms with E-state index in [0.29, 0.717) is 5.56 Å². The van der Waals surface area contributed by atoms with E-state index < -0.39 is 17.6 Å². The molecule has 2 aromatic rings. The second-order valence-electron chi connectivity index (χ2n) is 4.80. The lowest BCUT2D eigenvalue weighted by molar-refractivity contribution is -0.117. The van der Waals surface area contributed by atoms with Crippen LogP contribution < -0.4 is 10.4 Å². The van der Waals surface area contributed by atoms with Gasteiger partial charge in [0.2, 0.25) is 0 Å². The number of benzene rings is 2. The molecule has 1 aliphatic rings. The first-order valence-electron chi connectivity index (χ1n) is 6.57. The number of nitrogens with one attached hydrogen (secondary N) is 1. The van der Waals surface area contributed by atoms with Crippen molar-refractivity contribution in [1.29, 1.82) is 0 Å². The predicted molar refractivity (Wildman–Crippen MR) is 83.1 cm³/mol. The summed E-state index contributed by atoms with van der Waals surface area (Å²) in [6, 6.07) is 9.96. The Morgan fingerprint density at radius 3 is 2.61 bits per heavy atom. The molecule has 2 aromatic carbocycles. The molecular formula is C16H10ClFN2O3. The first kappa shape index (κ1) is 15.1. The van der Waals surface area contributed by atoms with Gasteiger partial charge in [-0.15, -0.1) is 0 Å². The van der Waals surface area contributed by atoms with Gasteiger partial charge in [-0.05, 0) is 30.3 Å². The molecular weight excluding hydrogens is 323 g/mol. The molecule has 1 heterocycles. The second kappa shape index (κ2) is 5.73. The molecule has 23 heavy (non-hydrogen) atoms. The van der Waals surface area contributed by atoms with Gasteiger partial charge in [0.05, 0.1) is 10.7 Å². The standard InChI is InChI=1S/C16H10ClFN2O3/c17-12-8-10(5-6-13(12)18)20-16(23)11(15(22)19-20)7-9-3-1-2-4-14(9)21/h1-8,21H,(H,19,22)/b11-7+. The third-order valence-electron chi connectivity index (χ3n) is 3.29. The van der Waals surface area contributed by atoms with E-state index in [0.717, 1.165) is 11.1 Å². The van der Waals surface area contributed by atoms with Crippen molar-refractivity contribution in [1.82, 2.24) is 5.43 Å². The summed E-state index contributed by atoms with van der Waals surface area (Å²) in [4.78, 5) is 24.4. The van der Waals surface area contributed by atoms with Crippen molar-refractivity contribution < 1.29 is 19.1 Å². The Balaban J connectivity index is 1.97. The summed E-state index contributed by atoms with van der Waals surface area (Å²) < 4.78 is 13.2. The number of carbonyl (C=O) groups excluding carboxylic acids is 2. The smallest absolute Gasteiger partial charge is 0.282 e. The number of aromatic hydroxyl groups is 1. The zero-order valence-electron chi connectivity index (χ0n) is 11.6. The van der Waals surface area contributed by atoms with Gasteiger partial charge in [-0.2, -0.15) is 0 Å². The number of rotatable bonds is 2. The summed E-state index contributed by atoms with van der Waals surface area (Å²) in [6.45, 7) is 0. The van der Waals surface area contributed by atoms with Gasteiger partial charge in [0.1, 0.15) is 17.1 Å². The molecule has 1 saturated heterocycles. The molecule has 0 bridgehead atoms. The number of anilines is 1. The lowest BCUT2D eigenvalue weighted by Gasteiger charge is -2.14. The summed E-state index contributed by atoms with van der Waals surface area (Å²) in [5.74, 6) is -1.93. The number of halogens is 2. The largest absolute Gasteiger partial charge is 0.507 e. The zero-order chi connectivity index (χ0) is 16.6. The van der Waals surface area contributed by atoms with Gasteiger partial charge in [-0.1, -0.05) is 29.8 Å². The van der Waals surface area contributed by atoms with Crippen LogP contribution in [0, 0.1) is 5.82 Å². The number of hydrazine groups is 1. The van der Waals surface area contributed by atoms with E-state index in [1.54, 1.807) is 18.2 Å². The number of nitrogens with zero attached hydrogens (tertiary/aromatic N) is 1. The molecule has 116 valence electrons. The van der Waals surface area contributed by atoms with E-state index in [4.69, 9.17) is 11.6 Å². The van der Waals surface area contributed by atoms with Gasteiger partial charge in [0, 0.05) is 5.56 Å². The average Bonchev–Trinajstić information content (AvgIpc) is 2.80. The molecule has 5 nitrogen and oxygen atoms in total. The summed E-state index contributed by atoms with van der Waals surface area (Å²) in [7, 11) is 0. The van der Waals surface area contributed by atoms with Crippen molar-refractivity contribution in [2.24, 2.45) is 0 Å². The third kappa shape index (κ3) is 2.76. The number of para-hydroxylation sites is 1. The molecule has 1 fully saturated rings. The minimum Gasteiger partial charge on any atom is -0.507 e. The molecule has 0 aromatic heterocycles. The molecule has 0 spiro atoms. The number of phenols is 1. The Morgan fingerprint density at radius 2 is 1.91 bits per heavy atom. The fourth-order valence-corrected chi connectivity index (χ4v) is 2.30. The molecule has 0 unspecified atom stereocenters. The average molecular weight is 333 g/mol. The van der Waals surface area contributed by atoms with E-state index in [1.807, 2.05) is 0 Å². The maximum Gasteiger partial charge on any atom is 0.282 e. The van der Waals surface area contributed by atoms with Crippen LogP contribution in [0.4, 0.5) is 10.1 Å². The lowest BCUT2D eigenvalue weighted by Crippen LogP contribution is -2.35. The Kier molecular flexibility index (Phi) is 3.75. The number of carbonyl (C=O) groups is 2. The normalized spacial score (nSPS) is 16.1. The van der Waals surface area contributed by atoms with Gasteiger partial charge < -0.3 is 5.11 Å². The number of hydrogen-bond acceptors (Lipinski definition) is 3. The van der Waals surface area contributed by atoms with Gasteiger partial charge in [0.25, 0.3) is 11.8 Å². The topological polar surface area (TPSA) is 69.6 Å². The maximum atomic E-state index is 13.2. The van der Waals surface area contributed by atoms with Crippen LogP contribution in [0.25, 0.3) is 6.08 Å². The van der Waals surface area contributed by atoms with E-state index in [9.17, 15) is 19.1 Å². The summed E-state index contributed by atoms with van der Waals surface area (Å²) in [5.41, 5.74) is 2.79. The molecule has 3 rings (SSSR count). The summed E-state index contributed by atoms with van der Waals surface area (Å²) >= 11 is 5.69. The highest BCUT2D eigenvalue weighted by atomic mass is 35.5. The number of phenolic OH excluding ortho intramolecular Hbond substituents is 1. The van der Waals surface area contributed by atoms with Gasteiger partial charge in [-0.3, -0.25) is 15.0 Å². The van der Waals surface area contributed by atoms with E-state index >= 15 is 0 Å². The minimum atomic E-state index is -0.627. The zero-order valence-corrected chi connectivity index (χ0v) is 12.3. The fourth-order valence-electron chi connectivity index (χ4n) is 2.13. The first-order chi connectivity index (χ1) is 11.0. The van der Waals surface area contributed by atoms with Crippen molar-refractivity contribution in [2.75, 3.05) is 5.01 Å². The fraction of sp³-hybridized carbons (Fsp3) is 0. The van der Waals surface area contributed by atoms with Crippen LogP contribution in [0.5, 0.6) is 5.75 Å². The first-order valence-corrected chi connectivity index (χ1v) is 6.95. The molecule has 0 saturated carbocycles. The Bertz CT molecular complexity index is 851. The molecule has 7 heteroatoms. The van der Waals surface area contributed by atoms with Crippen molar-refractivity contribution >= 4 is 35.2 Å². The SMILES string of the molecule is O=C1NN(c2ccc(F)c(Cl)c2)C(=O)/C1=C/c1ccccc1O. The molecule has 0 aliphatic carbocycles. The molecule has 2 N–H and O–H groups in total. The van der Waals surface area contributed by atoms with Crippen LogP contribution >= 0.6 is 11.6 Å². The van der Waals surface area contributed by atoms with Crippen LogP contribution in [0.2, 0.25) is 5.02 Å². The maximum absolute atomic E-state index is 13.2. The van der Waals surface area contributed by atoms with Crippen LogP contribution in [-0.4, -0.2) is 16.9 Å². The van der Waals surface area contributed by atoms with Crippen LogP contribution in [0.3, 0.4) is 0 Å². The van der Waals surface area contributed by atoms with Gasteiger partial charge in [-0.25, -0.2) is 9.40 Å². The Labute approximate surface area is 135 Å².